The smallest absolute Gasteiger partial charge is 0.311 e. The molecule has 9 rings (SSSR count). The SMILES string of the molecule is CC(CCC(C)(CC(C)(CC(CCc1ccccc1)c1ccc([Si](C)(C)C)cc1)c1ccccc1)c1ccccc1)(CC(C)(CC(CCc1ccccc1)c1ccc([Si](C)(C)C)cc1)c1ccccc1)c1ccccc1.CCC(C)(CC(C)c1ccccc1)C(=O)OC[Si](C)(C)C. The highest BCUT2D eigenvalue weighted by molar-refractivity contribution is 6.89. The van der Waals surface area contributed by atoms with Crippen molar-refractivity contribution in [1.82, 2.24) is 0 Å². The molecule has 9 aromatic carbocycles. The fourth-order valence-electron chi connectivity index (χ4n) is 15.6. The number of rotatable bonds is 32. The Morgan fingerprint density at radius 1 is 0.371 bits per heavy atom. The number of esters is 1. The minimum absolute atomic E-state index is 0.0322. The quantitative estimate of drug-likeness (QED) is 0.0310. The van der Waals surface area contributed by atoms with Gasteiger partial charge in [-0.1, -0.05) is 372 Å². The van der Waals surface area contributed by atoms with Crippen molar-refractivity contribution in [2.45, 2.75) is 224 Å². The molecule has 0 aliphatic carbocycles. The summed E-state index contributed by atoms with van der Waals surface area (Å²) in [5, 5.41) is 3.06. The molecule has 0 saturated heterocycles. The van der Waals surface area contributed by atoms with Gasteiger partial charge in [-0.25, -0.2) is 0 Å². The lowest BCUT2D eigenvalue weighted by molar-refractivity contribution is -0.154. The van der Waals surface area contributed by atoms with E-state index >= 15 is 0 Å². The summed E-state index contributed by atoms with van der Waals surface area (Å²) in [5.41, 5.74) is 12.0. The fraction of sp³-hybridized carbons (Fsp3) is 0.402. The van der Waals surface area contributed by atoms with E-state index in [9.17, 15) is 4.79 Å². The Kier molecular flexibility index (Phi) is 26.4. The van der Waals surface area contributed by atoms with Gasteiger partial charge >= 0.3 is 5.97 Å². The Morgan fingerprint density at radius 2 is 0.670 bits per heavy atom. The summed E-state index contributed by atoms with van der Waals surface area (Å²) >= 11 is 0. The van der Waals surface area contributed by atoms with Crippen molar-refractivity contribution >= 4 is 40.6 Å². The van der Waals surface area contributed by atoms with Gasteiger partial charge in [0.25, 0.3) is 0 Å². The zero-order valence-corrected chi connectivity index (χ0v) is 65.6. The number of ether oxygens (including phenoxy) is 1. The average molecular weight is 1340 g/mol. The minimum Gasteiger partial charge on any atom is -0.469 e. The first-order chi connectivity index (χ1) is 46.0. The molecule has 0 heterocycles. The molecule has 0 saturated carbocycles. The zero-order chi connectivity index (χ0) is 70.0. The summed E-state index contributed by atoms with van der Waals surface area (Å²) in [7, 11) is -4.28. The molecule has 2 nitrogen and oxygen atoms in total. The molecule has 0 bridgehead atoms. The molecule has 9 aromatic rings. The highest BCUT2D eigenvalue weighted by Gasteiger charge is 2.44. The summed E-state index contributed by atoms with van der Waals surface area (Å²) in [6.07, 6.45) is 13.0. The van der Waals surface area contributed by atoms with E-state index in [-0.39, 0.29) is 27.6 Å². The van der Waals surface area contributed by atoms with Gasteiger partial charge < -0.3 is 4.74 Å². The molecule has 8 unspecified atom stereocenters. The largest absolute Gasteiger partial charge is 0.469 e. The van der Waals surface area contributed by atoms with Crippen LogP contribution < -0.4 is 10.4 Å². The molecule has 0 amide bonds. The van der Waals surface area contributed by atoms with Gasteiger partial charge in [0.1, 0.15) is 0 Å². The average Bonchev–Trinajstić information content (AvgIpc) is 0.774. The van der Waals surface area contributed by atoms with Crippen molar-refractivity contribution in [3.05, 3.63) is 311 Å². The third-order valence-corrected chi connectivity index (χ3v) is 27.0. The molecular weight excluding hydrogens is 1220 g/mol. The molecule has 0 fully saturated rings. The minimum atomic E-state index is -1.46. The highest BCUT2D eigenvalue weighted by Crippen LogP contribution is 2.52. The predicted octanol–water partition coefficient (Wildman–Crippen LogP) is 24.1. The number of hydrogen-bond acceptors (Lipinski definition) is 2. The number of aryl methyl sites for hydroxylation is 2. The molecule has 0 aliphatic rings. The molecule has 0 radical (unpaired) electrons. The van der Waals surface area contributed by atoms with E-state index < -0.39 is 29.6 Å². The topological polar surface area (TPSA) is 26.3 Å². The van der Waals surface area contributed by atoms with Gasteiger partial charge in [-0.3, -0.25) is 4.79 Å². The van der Waals surface area contributed by atoms with E-state index in [4.69, 9.17) is 4.74 Å². The van der Waals surface area contributed by atoms with Crippen molar-refractivity contribution < 1.29 is 9.53 Å². The second-order valence-corrected chi connectivity index (χ2v) is 49.3. The van der Waals surface area contributed by atoms with Gasteiger partial charge in [0.2, 0.25) is 0 Å². The van der Waals surface area contributed by atoms with Crippen LogP contribution in [-0.4, -0.2) is 36.4 Å². The van der Waals surface area contributed by atoms with Crippen LogP contribution >= 0.6 is 0 Å². The Labute approximate surface area is 592 Å². The van der Waals surface area contributed by atoms with Crippen molar-refractivity contribution in [3.8, 4) is 0 Å². The third-order valence-electron chi connectivity index (χ3n) is 21.8. The normalized spacial score (nSPS) is 16.1. The van der Waals surface area contributed by atoms with Crippen LogP contribution in [0.25, 0.3) is 0 Å². The molecular formula is C92H120O2Si3. The van der Waals surface area contributed by atoms with Crippen LogP contribution in [0.15, 0.2) is 261 Å². The van der Waals surface area contributed by atoms with Crippen LogP contribution in [0.3, 0.4) is 0 Å². The molecule has 8 atom stereocenters. The maximum absolute atomic E-state index is 12.5. The first-order valence-electron chi connectivity index (χ1n) is 36.8. The standard InChI is InChI=1S/C74H90Si2.C18H30O2Si/c1-71(65-33-21-13-22-34-65,57-73(3,67-37-25-15-26-38-67)55-63(43-41-59-29-17-11-18-30-59)61-45-49-69(50-46-61)75(5,6)7)53-54-72(2,66-35-23-14-24-36-66)58-74(4,68-39-27-16-28-40-68)56-64(44-42-60-31-19-12-20-32-60)62-47-51-70(52-48-62)76(8,9)10;1-7-18(3,17(19)20-14-21(4,5)6)13-15(2)16-11-9-8-10-12-16/h11-40,45-52,63-64H,41-44,53-58H2,1-10H3;8-12,15H,7,13-14H2,1-6H3. The number of carbonyl (C=O) groups excluding carboxylic acids is 1. The van der Waals surface area contributed by atoms with Crippen LogP contribution in [0.5, 0.6) is 0 Å². The van der Waals surface area contributed by atoms with Gasteiger partial charge in [0.05, 0.1) is 35.9 Å². The van der Waals surface area contributed by atoms with E-state index in [0.29, 0.717) is 24.0 Å². The van der Waals surface area contributed by atoms with E-state index in [0.717, 1.165) is 77.0 Å². The van der Waals surface area contributed by atoms with Crippen LogP contribution in [0.4, 0.5) is 0 Å². The Hall–Kier alpha value is -6.90. The lowest BCUT2D eigenvalue weighted by Crippen LogP contribution is -2.39. The van der Waals surface area contributed by atoms with Gasteiger partial charge in [-0.05, 0) is 173 Å². The molecule has 0 aliphatic heterocycles. The lowest BCUT2D eigenvalue weighted by Gasteiger charge is -2.46. The highest BCUT2D eigenvalue weighted by atomic mass is 28.3. The van der Waals surface area contributed by atoms with Crippen molar-refractivity contribution in [3.63, 3.8) is 0 Å². The fourth-order valence-corrected chi connectivity index (χ4v) is 18.5. The van der Waals surface area contributed by atoms with Crippen molar-refractivity contribution in [1.29, 1.82) is 0 Å². The Morgan fingerprint density at radius 3 is 0.969 bits per heavy atom. The van der Waals surface area contributed by atoms with E-state index in [1.807, 2.05) is 13.0 Å². The van der Waals surface area contributed by atoms with Crippen molar-refractivity contribution in [2.24, 2.45) is 5.41 Å². The van der Waals surface area contributed by atoms with Gasteiger partial charge in [-0.15, -0.1) is 0 Å². The maximum atomic E-state index is 12.5. The first-order valence-corrected chi connectivity index (χ1v) is 47.5. The molecule has 97 heavy (non-hydrogen) atoms. The van der Waals surface area contributed by atoms with Crippen molar-refractivity contribution in [2.75, 3.05) is 6.23 Å². The third kappa shape index (κ3) is 21.8. The van der Waals surface area contributed by atoms with Crippen LogP contribution in [0.1, 0.15) is 180 Å². The Balaban J connectivity index is 0.000000489. The maximum Gasteiger partial charge on any atom is 0.311 e. The summed E-state index contributed by atoms with van der Waals surface area (Å²) < 4.78 is 5.62. The second-order valence-electron chi connectivity index (χ2n) is 33.7. The van der Waals surface area contributed by atoms with Gasteiger partial charge in [0.15, 0.2) is 0 Å². The summed E-state index contributed by atoms with van der Waals surface area (Å²) in [5.74, 6) is 1.11. The number of benzene rings is 9. The van der Waals surface area contributed by atoms with Crippen LogP contribution in [0.2, 0.25) is 58.9 Å². The van der Waals surface area contributed by atoms with E-state index in [2.05, 4.69) is 355 Å². The lowest BCUT2D eigenvalue weighted by atomic mass is 9.58. The summed E-state index contributed by atoms with van der Waals surface area (Å²) in [4.78, 5) is 12.5. The van der Waals surface area contributed by atoms with Gasteiger partial charge in [0, 0.05) is 0 Å². The van der Waals surface area contributed by atoms with Gasteiger partial charge in [-0.2, -0.15) is 0 Å². The molecule has 5 heteroatoms. The number of hydrogen-bond donors (Lipinski definition) is 0. The second kappa shape index (κ2) is 33.8. The van der Waals surface area contributed by atoms with E-state index in [1.165, 1.54) is 60.4 Å². The van der Waals surface area contributed by atoms with Crippen LogP contribution in [-0.2, 0) is 44.0 Å². The predicted molar refractivity (Wildman–Crippen MR) is 429 cm³/mol. The molecule has 0 aromatic heterocycles. The van der Waals surface area contributed by atoms with Crippen LogP contribution in [0, 0.1) is 5.41 Å². The summed E-state index contributed by atoms with van der Waals surface area (Å²) in [6, 6.07) is 99.1. The molecule has 0 spiro atoms. The monoisotopic (exact) mass is 1340 g/mol. The zero-order valence-electron chi connectivity index (χ0n) is 62.6. The summed E-state index contributed by atoms with van der Waals surface area (Å²) in [6.45, 7) is 38.2. The molecule has 0 N–H and O–H groups in total. The molecule has 512 valence electrons. The first kappa shape index (κ1) is 75.9. The number of carbonyl (C=O) groups is 1. The Bertz CT molecular complexity index is 3540. The van der Waals surface area contributed by atoms with E-state index in [1.54, 1.807) is 0 Å².